The summed E-state index contributed by atoms with van der Waals surface area (Å²) in [4.78, 5) is 46.6. The van der Waals surface area contributed by atoms with Crippen LogP contribution < -0.4 is 31.6 Å². The zero-order valence-electron chi connectivity index (χ0n) is 22.4. The quantitative estimate of drug-likeness (QED) is 0.260. The van der Waals surface area contributed by atoms with E-state index in [1.807, 2.05) is 18.2 Å². The molecule has 2 amide bonds. The predicted molar refractivity (Wildman–Crippen MR) is 152 cm³/mol. The Balaban J connectivity index is 1.31. The molecule has 0 saturated carbocycles. The summed E-state index contributed by atoms with van der Waals surface area (Å²) in [6, 6.07) is 10.8. The predicted octanol–water partition coefficient (Wildman–Crippen LogP) is 1.82. The van der Waals surface area contributed by atoms with Crippen molar-refractivity contribution in [1.82, 2.24) is 30.5 Å². The first-order chi connectivity index (χ1) is 19.4. The molecule has 40 heavy (non-hydrogen) atoms. The molecule has 1 saturated heterocycles. The number of halogens is 1. The summed E-state index contributed by atoms with van der Waals surface area (Å²) in [6.45, 7) is 3.67. The van der Waals surface area contributed by atoms with Gasteiger partial charge in [0.15, 0.2) is 12.4 Å². The molecular weight excluding hydrogens is 534 g/mol. The van der Waals surface area contributed by atoms with Gasteiger partial charge in [0.05, 0.1) is 0 Å². The highest BCUT2D eigenvalue weighted by Crippen LogP contribution is 2.23. The van der Waals surface area contributed by atoms with E-state index in [4.69, 9.17) is 16.3 Å². The molecule has 0 radical (unpaired) electrons. The second kappa shape index (κ2) is 14.4. The van der Waals surface area contributed by atoms with Gasteiger partial charge in [0.1, 0.15) is 12.3 Å². The molecule has 3 heterocycles. The number of ether oxygens (including phenoxy) is 1. The van der Waals surface area contributed by atoms with Crippen LogP contribution in [0.4, 0.5) is 5.82 Å². The summed E-state index contributed by atoms with van der Waals surface area (Å²) in [7, 11) is 0. The number of hydrogen-bond donors (Lipinski definition) is 4. The van der Waals surface area contributed by atoms with E-state index in [1.54, 1.807) is 37.5 Å². The Labute approximate surface area is 237 Å². The number of aryl methyl sites for hydroxylation is 1. The van der Waals surface area contributed by atoms with Crippen LogP contribution in [-0.4, -0.2) is 58.6 Å². The second-order valence-corrected chi connectivity index (χ2v) is 10.0. The second-order valence-electron chi connectivity index (χ2n) is 9.57. The van der Waals surface area contributed by atoms with E-state index in [1.165, 1.54) is 4.57 Å². The molecule has 4 rings (SSSR count). The highest BCUT2D eigenvalue weighted by molar-refractivity contribution is 6.30. The van der Waals surface area contributed by atoms with Gasteiger partial charge in [-0.15, -0.1) is 0 Å². The van der Waals surface area contributed by atoms with Crippen molar-refractivity contribution >= 4 is 29.2 Å². The fourth-order valence-electron chi connectivity index (χ4n) is 4.35. The third-order valence-electron chi connectivity index (χ3n) is 6.47. The number of hydrogen-bond acceptors (Lipinski definition) is 8. The van der Waals surface area contributed by atoms with Crippen molar-refractivity contribution in [3.8, 4) is 5.75 Å². The van der Waals surface area contributed by atoms with E-state index in [9.17, 15) is 14.4 Å². The lowest BCUT2D eigenvalue weighted by molar-refractivity contribution is -0.124. The van der Waals surface area contributed by atoms with Crippen LogP contribution in [0.1, 0.15) is 29.8 Å². The molecule has 2 aromatic heterocycles. The molecule has 1 atom stereocenters. The maximum Gasteiger partial charge on any atom is 0.293 e. The summed E-state index contributed by atoms with van der Waals surface area (Å²) >= 11 is 6.18. The first-order valence-corrected chi connectivity index (χ1v) is 13.6. The van der Waals surface area contributed by atoms with Crippen molar-refractivity contribution < 1.29 is 14.3 Å². The molecule has 212 valence electrons. The van der Waals surface area contributed by atoms with Crippen LogP contribution in [0.3, 0.4) is 0 Å². The van der Waals surface area contributed by atoms with E-state index in [0.717, 1.165) is 31.6 Å². The Hall–Kier alpha value is -3.96. The van der Waals surface area contributed by atoms with Gasteiger partial charge in [0.25, 0.3) is 11.5 Å². The molecule has 4 N–H and O–H groups in total. The average Bonchev–Trinajstić information content (AvgIpc) is 2.96. The molecule has 1 aliphatic rings. The maximum absolute atomic E-state index is 13.0. The number of nitrogens with one attached hydrogen (secondary N) is 4. The van der Waals surface area contributed by atoms with Gasteiger partial charge in [-0.1, -0.05) is 17.7 Å². The fraction of sp³-hybridized carbons (Fsp3) is 0.393. The topological polar surface area (TPSA) is 139 Å². The first kappa shape index (κ1) is 29.0. The first-order valence-electron chi connectivity index (χ1n) is 13.3. The van der Waals surface area contributed by atoms with Crippen LogP contribution in [-0.2, 0) is 29.1 Å². The Morgan fingerprint density at radius 2 is 2.08 bits per heavy atom. The Morgan fingerprint density at radius 1 is 1.20 bits per heavy atom. The number of pyridine rings is 1. The van der Waals surface area contributed by atoms with Gasteiger partial charge in [-0.3, -0.25) is 23.9 Å². The lowest BCUT2D eigenvalue weighted by Gasteiger charge is -2.23. The third kappa shape index (κ3) is 8.52. The van der Waals surface area contributed by atoms with Gasteiger partial charge in [-0.05, 0) is 56.6 Å². The normalized spacial score (nSPS) is 14.8. The van der Waals surface area contributed by atoms with Crippen molar-refractivity contribution in [1.29, 1.82) is 0 Å². The Morgan fingerprint density at radius 3 is 2.85 bits per heavy atom. The van der Waals surface area contributed by atoms with E-state index < -0.39 is 0 Å². The number of aromatic nitrogens is 3. The summed E-state index contributed by atoms with van der Waals surface area (Å²) in [5.74, 6) is 0.0281. The minimum atomic E-state index is -0.387. The van der Waals surface area contributed by atoms with E-state index in [2.05, 4.69) is 31.2 Å². The van der Waals surface area contributed by atoms with Gasteiger partial charge in [-0.25, -0.2) is 4.98 Å². The van der Waals surface area contributed by atoms with Crippen molar-refractivity contribution in [3.63, 3.8) is 0 Å². The molecule has 11 nitrogen and oxygen atoms in total. The van der Waals surface area contributed by atoms with E-state index in [-0.39, 0.29) is 48.9 Å². The monoisotopic (exact) mass is 567 g/mol. The summed E-state index contributed by atoms with van der Waals surface area (Å²) < 4.78 is 7.12. The number of carbonyl (C=O) groups is 2. The lowest BCUT2D eigenvalue weighted by Crippen LogP contribution is -2.47. The standard InChI is InChI=1S/C28H34ClN7O4/c1-19-14-34-27(32-12-9-22-5-2-3-11-31-22)28(39)36(19)17-25(37)33-15-20-13-21(29)7-8-24(20)40-18-26(38)35-23-6-4-10-30-16-23/h2-3,5,7-8,11,13-14,23,30H,4,6,9-10,12,15-18H2,1H3,(H,32,34)(H,33,37)(H,35,38). The van der Waals surface area contributed by atoms with Crippen molar-refractivity contribution in [2.24, 2.45) is 0 Å². The highest BCUT2D eigenvalue weighted by atomic mass is 35.5. The molecule has 1 aromatic carbocycles. The largest absolute Gasteiger partial charge is 0.483 e. The molecule has 12 heteroatoms. The van der Waals surface area contributed by atoms with Crippen LogP contribution >= 0.6 is 11.6 Å². The smallest absolute Gasteiger partial charge is 0.293 e. The van der Waals surface area contributed by atoms with E-state index in [0.29, 0.717) is 35.0 Å². The fourth-order valence-corrected chi connectivity index (χ4v) is 4.55. The number of piperidine rings is 1. The number of anilines is 1. The third-order valence-corrected chi connectivity index (χ3v) is 6.71. The maximum atomic E-state index is 13.0. The number of carbonyl (C=O) groups excluding carboxylic acids is 2. The molecular formula is C28H34ClN7O4. The van der Waals surface area contributed by atoms with Crippen LogP contribution in [0.25, 0.3) is 0 Å². The van der Waals surface area contributed by atoms with Crippen LogP contribution in [0, 0.1) is 6.92 Å². The van der Waals surface area contributed by atoms with Gasteiger partial charge in [0.2, 0.25) is 5.91 Å². The van der Waals surface area contributed by atoms with Crippen LogP contribution in [0.2, 0.25) is 5.02 Å². The minimum Gasteiger partial charge on any atom is -0.483 e. The zero-order chi connectivity index (χ0) is 28.3. The number of nitrogens with zero attached hydrogens (tertiary/aromatic N) is 3. The summed E-state index contributed by atoms with van der Waals surface area (Å²) in [5.41, 5.74) is 1.68. The number of benzene rings is 1. The number of rotatable bonds is 12. The van der Waals surface area contributed by atoms with Gasteiger partial charge in [0, 0.05) is 66.5 Å². The summed E-state index contributed by atoms with van der Waals surface area (Å²) in [5, 5.41) is 12.5. The minimum absolute atomic E-state index is 0.0884. The molecule has 1 fully saturated rings. The van der Waals surface area contributed by atoms with Crippen molar-refractivity contribution in [2.75, 3.05) is 31.6 Å². The van der Waals surface area contributed by atoms with Gasteiger partial charge >= 0.3 is 0 Å². The molecule has 3 aromatic rings. The van der Waals surface area contributed by atoms with Gasteiger partial charge < -0.3 is 26.0 Å². The molecule has 1 aliphatic heterocycles. The van der Waals surface area contributed by atoms with E-state index >= 15 is 0 Å². The van der Waals surface area contributed by atoms with Crippen LogP contribution in [0.5, 0.6) is 5.75 Å². The Bertz CT molecular complexity index is 1360. The van der Waals surface area contributed by atoms with Crippen LogP contribution in [0.15, 0.2) is 53.6 Å². The average molecular weight is 568 g/mol. The zero-order valence-corrected chi connectivity index (χ0v) is 23.2. The molecule has 0 spiro atoms. The molecule has 1 unspecified atom stereocenters. The summed E-state index contributed by atoms with van der Waals surface area (Å²) in [6.07, 6.45) is 5.84. The lowest BCUT2D eigenvalue weighted by atomic mass is 10.1. The van der Waals surface area contributed by atoms with Crippen molar-refractivity contribution in [2.45, 2.75) is 45.3 Å². The Kier molecular flexibility index (Phi) is 10.5. The number of amides is 2. The SMILES string of the molecule is Cc1cnc(NCCc2ccccn2)c(=O)n1CC(=O)NCc1cc(Cl)ccc1OCC(=O)NC1CCCNC1. The molecule has 0 bridgehead atoms. The van der Waals surface area contributed by atoms with Gasteiger partial charge in [-0.2, -0.15) is 0 Å². The highest BCUT2D eigenvalue weighted by Gasteiger charge is 2.17. The van der Waals surface area contributed by atoms with Crippen molar-refractivity contribution in [3.05, 3.63) is 81.1 Å². The molecule has 0 aliphatic carbocycles.